The summed E-state index contributed by atoms with van der Waals surface area (Å²) in [6.45, 7) is 0.963. The number of nitrogens with zero attached hydrogens (tertiary/aromatic N) is 1. The number of carbonyl (C=O) groups is 2. The minimum atomic E-state index is -1.17. The average molecular weight is 343 g/mol. The molecule has 0 aliphatic rings. The van der Waals surface area contributed by atoms with E-state index in [4.69, 9.17) is 11.5 Å². The summed E-state index contributed by atoms with van der Waals surface area (Å²) < 4.78 is 13.5. The van der Waals surface area contributed by atoms with E-state index >= 15 is 0 Å². The first kappa shape index (κ1) is 16.0. The number of terminal acetylenes is 1. The zero-order valence-corrected chi connectivity index (χ0v) is 12.2. The van der Waals surface area contributed by atoms with Crippen LogP contribution in [0.5, 0.6) is 0 Å². The second-order valence-electron chi connectivity index (χ2n) is 3.97. The number of aryl methyl sites for hydroxylation is 1. The van der Waals surface area contributed by atoms with Crippen LogP contribution in [0.25, 0.3) is 0 Å². The van der Waals surface area contributed by atoms with E-state index in [0.717, 1.165) is 4.90 Å². The lowest BCUT2D eigenvalue weighted by Gasteiger charge is -2.19. The van der Waals surface area contributed by atoms with Crippen LogP contribution >= 0.6 is 15.9 Å². The van der Waals surface area contributed by atoms with Crippen molar-refractivity contribution in [3.05, 3.63) is 28.0 Å². The minimum absolute atomic E-state index is 0.139. The van der Waals surface area contributed by atoms with Crippen molar-refractivity contribution in [1.29, 1.82) is 0 Å². The van der Waals surface area contributed by atoms with Crippen LogP contribution in [-0.4, -0.2) is 35.1 Å². The fourth-order valence-electron chi connectivity index (χ4n) is 1.45. The van der Waals surface area contributed by atoms with E-state index < -0.39 is 24.4 Å². The number of nitrogens with one attached hydrogen (secondary N) is 1. The topological polar surface area (TPSA) is 69.6 Å². The molecule has 7 heteroatoms. The maximum Gasteiger partial charge on any atom is 0.323 e. The molecule has 0 aliphatic carbocycles. The molecule has 1 aromatic carbocycles. The van der Waals surface area contributed by atoms with Crippen LogP contribution < -0.4 is 5.32 Å². The van der Waals surface area contributed by atoms with Crippen LogP contribution in [0.15, 0.2) is 16.6 Å². The standard InChI is InChI=1S/C13H12BrFN2O3/c1-3-4-17(7-12(18)19)13(20)16-11-6-9(14)10(15)5-8(11)2/h1,5-6H,4,7H2,2H3,(H,16,20)(H,18,19). The van der Waals surface area contributed by atoms with Crippen molar-refractivity contribution in [2.24, 2.45) is 0 Å². The van der Waals surface area contributed by atoms with Crippen molar-refractivity contribution in [3.8, 4) is 12.3 Å². The second-order valence-corrected chi connectivity index (χ2v) is 4.82. The summed E-state index contributed by atoms with van der Waals surface area (Å²) in [5.41, 5.74) is 0.880. The Morgan fingerprint density at radius 1 is 1.55 bits per heavy atom. The van der Waals surface area contributed by atoms with Crippen molar-refractivity contribution in [3.63, 3.8) is 0 Å². The SMILES string of the molecule is C#CCN(CC(=O)O)C(=O)Nc1cc(Br)c(F)cc1C. The fourth-order valence-corrected chi connectivity index (χ4v) is 1.79. The average Bonchev–Trinajstić information content (AvgIpc) is 2.34. The molecule has 0 aliphatic heterocycles. The fraction of sp³-hybridized carbons (Fsp3) is 0.231. The Kier molecular flexibility index (Phi) is 5.53. The molecule has 0 bridgehead atoms. The van der Waals surface area contributed by atoms with Gasteiger partial charge in [-0.05, 0) is 40.5 Å². The molecular formula is C13H12BrFN2O3. The van der Waals surface area contributed by atoms with Gasteiger partial charge < -0.3 is 15.3 Å². The molecule has 0 unspecified atom stereocenters. The molecule has 0 fully saturated rings. The highest BCUT2D eigenvalue weighted by Crippen LogP contribution is 2.24. The maximum absolute atomic E-state index is 13.3. The molecule has 106 valence electrons. The minimum Gasteiger partial charge on any atom is -0.480 e. The van der Waals surface area contributed by atoms with E-state index in [1.807, 2.05) is 0 Å². The number of carboxylic acids is 1. The third kappa shape index (κ3) is 4.24. The lowest BCUT2D eigenvalue weighted by molar-refractivity contribution is -0.137. The van der Waals surface area contributed by atoms with Crippen molar-refractivity contribution in [2.45, 2.75) is 6.92 Å². The first-order valence-electron chi connectivity index (χ1n) is 5.52. The number of carbonyl (C=O) groups excluding carboxylic acids is 1. The van der Waals surface area contributed by atoms with E-state index in [1.165, 1.54) is 12.1 Å². The van der Waals surface area contributed by atoms with Crippen LogP contribution in [0.4, 0.5) is 14.9 Å². The monoisotopic (exact) mass is 342 g/mol. The molecule has 1 aromatic rings. The molecule has 0 aromatic heterocycles. The van der Waals surface area contributed by atoms with E-state index in [-0.39, 0.29) is 11.0 Å². The van der Waals surface area contributed by atoms with Gasteiger partial charge in [-0.2, -0.15) is 0 Å². The molecule has 1 rings (SSSR count). The number of urea groups is 1. The molecule has 0 saturated carbocycles. The Balaban J connectivity index is 2.91. The van der Waals surface area contributed by atoms with Gasteiger partial charge in [-0.25, -0.2) is 9.18 Å². The van der Waals surface area contributed by atoms with Gasteiger partial charge in [0, 0.05) is 5.69 Å². The lowest BCUT2D eigenvalue weighted by atomic mass is 10.2. The summed E-state index contributed by atoms with van der Waals surface area (Å²) in [6, 6.07) is 1.99. The number of amides is 2. The van der Waals surface area contributed by atoms with Gasteiger partial charge in [0.2, 0.25) is 0 Å². The number of aliphatic carboxylic acids is 1. The smallest absolute Gasteiger partial charge is 0.323 e. The largest absolute Gasteiger partial charge is 0.480 e. The normalized spacial score (nSPS) is 9.70. The maximum atomic E-state index is 13.3. The van der Waals surface area contributed by atoms with Gasteiger partial charge in [-0.1, -0.05) is 5.92 Å². The van der Waals surface area contributed by atoms with E-state index in [2.05, 4.69) is 27.2 Å². The Hall–Kier alpha value is -2.07. The van der Waals surface area contributed by atoms with E-state index in [1.54, 1.807) is 6.92 Å². The molecule has 0 heterocycles. The summed E-state index contributed by atoms with van der Waals surface area (Å²) >= 11 is 3.01. The Morgan fingerprint density at radius 2 is 2.20 bits per heavy atom. The number of benzene rings is 1. The van der Waals surface area contributed by atoms with Crippen LogP contribution in [0.3, 0.4) is 0 Å². The van der Waals surface area contributed by atoms with Gasteiger partial charge in [0.15, 0.2) is 0 Å². The first-order valence-corrected chi connectivity index (χ1v) is 6.31. The van der Waals surface area contributed by atoms with Gasteiger partial charge in [0.05, 0.1) is 11.0 Å². The predicted molar refractivity (Wildman–Crippen MR) is 75.9 cm³/mol. The third-order valence-electron chi connectivity index (χ3n) is 2.40. The molecule has 0 atom stereocenters. The number of halogens is 2. The predicted octanol–water partition coefficient (Wildman–Crippen LogP) is 2.45. The zero-order chi connectivity index (χ0) is 15.3. The van der Waals surface area contributed by atoms with Crippen molar-refractivity contribution < 1.29 is 19.1 Å². The Labute approximate surface area is 123 Å². The molecule has 0 saturated heterocycles. The molecule has 2 N–H and O–H groups in total. The van der Waals surface area contributed by atoms with Gasteiger partial charge in [0.25, 0.3) is 0 Å². The summed E-state index contributed by atoms with van der Waals surface area (Å²) in [4.78, 5) is 23.6. The van der Waals surface area contributed by atoms with Crippen LogP contribution in [0, 0.1) is 25.1 Å². The molecule has 5 nitrogen and oxygen atoms in total. The van der Waals surface area contributed by atoms with E-state index in [9.17, 15) is 14.0 Å². The highest BCUT2D eigenvalue weighted by Gasteiger charge is 2.17. The molecule has 20 heavy (non-hydrogen) atoms. The zero-order valence-electron chi connectivity index (χ0n) is 10.6. The van der Waals surface area contributed by atoms with E-state index in [0.29, 0.717) is 11.3 Å². The second kappa shape index (κ2) is 6.91. The highest BCUT2D eigenvalue weighted by atomic mass is 79.9. The first-order chi connectivity index (χ1) is 9.35. The molecule has 2 amide bonds. The van der Waals surface area contributed by atoms with Gasteiger partial charge in [-0.3, -0.25) is 4.79 Å². The van der Waals surface area contributed by atoms with Crippen molar-refractivity contribution in [1.82, 2.24) is 4.90 Å². The summed E-state index contributed by atoms with van der Waals surface area (Å²) in [5.74, 6) is 0.581. The van der Waals surface area contributed by atoms with Crippen molar-refractivity contribution in [2.75, 3.05) is 18.4 Å². The third-order valence-corrected chi connectivity index (χ3v) is 3.01. The van der Waals surface area contributed by atoms with Gasteiger partial charge in [-0.15, -0.1) is 6.42 Å². The number of carboxylic acid groups (broad SMARTS) is 1. The number of hydrogen-bond donors (Lipinski definition) is 2. The Morgan fingerprint density at radius 3 is 2.75 bits per heavy atom. The number of rotatable bonds is 4. The van der Waals surface area contributed by atoms with Crippen LogP contribution in [-0.2, 0) is 4.79 Å². The number of hydrogen-bond acceptors (Lipinski definition) is 2. The summed E-state index contributed by atoms with van der Waals surface area (Å²) in [7, 11) is 0. The van der Waals surface area contributed by atoms with Crippen molar-refractivity contribution >= 4 is 33.6 Å². The molecule has 0 spiro atoms. The Bertz CT molecular complexity index is 584. The van der Waals surface area contributed by atoms with Gasteiger partial charge >= 0.3 is 12.0 Å². The highest BCUT2D eigenvalue weighted by molar-refractivity contribution is 9.10. The molecule has 0 radical (unpaired) electrons. The quantitative estimate of drug-likeness (QED) is 0.825. The van der Waals surface area contributed by atoms with Crippen LogP contribution in [0.2, 0.25) is 0 Å². The number of anilines is 1. The molecular weight excluding hydrogens is 331 g/mol. The summed E-state index contributed by atoms with van der Waals surface area (Å²) in [5, 5.41) is 11.2. The van der Waals surface area contributed by atoms with Gasteiger partial charge in [0.1, 0.15) is 12.4 Å². The lowest BCUT2D eigenvalue weighted by Crippen LogP contribution is -2.39. The summed E-state index contributed by atoms with van der Waals surface area (Å²) in [6.07, 6.45) is 5.09. The van der Waals surface area contributed by atoms with Crippen LogP contribution in [0.1, 0.15) is 5.56 Å².